The first-order valence-electron chi connectivity index (χ1n) is 12.7. The standard InChI is InChI=1S/C26H31ClF3N5O3.CH4/c27-19-4-7-22(8-5-19)33-13-2-12-32(15-16-33)11-1-3-25(36)34-14-10-21(18-34)31-20-6-9-24(35(37)38)23(17-20)26(28,29)30;/h4-9,17,21,31H,1-3,10-16,18H2;1H4/t21-;/m0./s1. The Balaban J connectivity index is 0.00000420. The molecule has 2 fully saturated rings. The number of amides is 1. The smallest absolute Gasteiger partial charge is 0.380 e. The van der Waals surface area contributed by atoms with Gasteiger partial charge in [-0.05, 0) is 68.8 Å². The number of carbonyl (C=O) groups excluding carboxylic acids is 1. The van der Waals surface area contributed by atoms with E-state index in [1.807, 2.05) is 24.3 Å². The predicted octanol–water partition coefficient (Wildman–Crippen LogP) is 5.91. The van der Waals surface area contributed by atoms with Crippen LogP contribution >= 0.6 is 11.6 Å². The topological polar surface area (TPSA) is 82.0 Å². The summed E-state index contributed by atoms with van der Waals surface area (Å²) >= 11 is 6.00. The number of rotatable bonds is 8. The SMILES string of the molecule is C.O=C(CCCN1CCCN(c2ccc(Cl)cc2)CC1)N1CC[C@H](Nc2ccc([N+](=O)[O-])c(C(F)(F)F)c2)C1. The van der Waals surface area contributed by atoms with Crippen molar-refractivity contribution in [3.63, 3.8) is 0 Å². The minimum atomic E-state index is -4.83. The molecule has 0 bridgehead atoms. The molecule has 2 aromatic rings. The van der Waals surface area contributed by atoms with Crippen LogP contribution < -0.4 is 10.2 Å². The Bertz CT molecular complexity index is 1130. The predicted molar refractivity (Wildman–Crippen MR) is 147 cm³/mol. The third kappa shape index (κ3) is 8.22. The highest BCUT2D eigenvalue weighted by molar-refractivity contribution is 6.30. The van der Waals surface area contributed by atoms with Crippen LogP contribution in [0.2, 0.25) is 5.02 Å². The average Bonchev–Trinajstić information content (AvgIpc) is 3.21. The summed E-state index contributed by atoms with van der Waals surface area (Å²) in [5.74, 6) is 0.0339. The number of carbonyl (C=O) groups is 1. The van der Waals surface area contributed by atoms with Crippen LogP contribution in [0.3, 0.4) is 0 Å². The second-order valence-electron chi connectivity index (χ2n) is 9.72. The van der Waals surface area contributed by atoms with Gasteiger partial charge in [-0.25, -0.2) is 0 Å². The van der Waals surface area contributed by atoms with E-state index < -0.39 is 22.4 Å². The number of anilines is 2. The quantitative estimate of drug-likeness (QED) is 0.314. The molecular formula is C27H35ClF3N5O3. The van der Waals surface area contributed by atoms with E-state index >= 15 is 0 Å². The summed E-state index contributed by atoms with van der Waals surface area (Å²) in [7, 11) is 0. The van der Waals surface area contributed by atoms with Crippen molar-refractivity contribution in [2.75, 3.05) is 56.0 Å². The molecular weight excluding hydrogens is 535 g/mol. The highest BCUT2D eigenvalue weighted by Gasteiger charge is 2.38. The molecule has 1 amide bonds. The van der Waals surface area contributed by atoms with Crippen LogP contribution in [0.25, 0.3) is 0 Å². The Morgan fingerprint density at radius 2 is 1.82 bits per heavy atom. The molecule has 39 heavy (non-hydrogen) atoms. The molecule has 0 unspecified atom stereocenters. The van der Waals surface area contributed by atoms with Crippen LogP contribution in [0.4, 0.5) is 30.2 Å². The number of nitrogens with one attached hydrogen (secondary N) is 1. The molecule has 0 aliphatic carbocycles. The fourth-order valence-electron chi connectivity index (χ4n) is 5.07. The highest BCUT2D eigenvalue weighted by Crippen LogP contribution is 2.38. The zero-order chi connectivity index (χ0) is 27.3. The van der Waals surface area contributed by atoms with Crippen molar-refractivity contribution in [2.45, 2.75) is 45.3 Å². The molecule has 2 heterocycles. The first-order valence-corrected chi connectivity index (χ1v) is 13.1. The van der Waals surface area contributed by atoms with Gasteiger partial charge in [0.05, 0.1) is 4.92 Å². The summed E-state index contributed by atoms with van der Waals surface area (Å²) in [6.45, 7) is 5.52. The van der Waals surface area contributed by atoms with Gasteiger partial charge in [0.25, 0.3) is 5.69 Å². The van der Waals surface area contributed by atoms with E-state index in [2.05, 4.69) is 15.1 Å². The third-order valence-electron chi connectivity index (χ3n) is 7.06. The minimum absolute atomic E-state index is 0. The van der Waals surface area contributed by atoms with Gasteiger partial charge < -0.3 is 20.0 Å². The van der Waals surface area contributed by atoms with Crippen molar-refractivity contribution in [3.05, 3.63) is 63.2 Å². The number of halogens is 4. The molecule has 0 aromatic heterocycles. The Kier molecular flexibility index (Phi) is 10.4. The lowest BCUT2D eigenvalue weighted by Gasteiger charge is -2.24. The van der Waals surface area contributed by atoms with Gasteiger partial charge in [-0.3, -0.25) is 14.9 Å². The molecule has 2 saturated heterocycles. The summed E-state index contributed by atoms with van der Waals surface area (Å²) in [4.78, 5) is 29.1. The highest BCUT2D eigenvalue weighted by atomic mass is 35.5. The lowest BCUT2D eigenvalue weighted by Crippen LogP contribution is -2.33. The van der Waals surface area contributed by atoms with Crippen LogP contribution in [0.1, 0.15) is 38.7 Å². The van der Waals surface area contributed by atoms with Crippen LogP contribution in [-0.4, -0.2) is 72.5 Å². The Morgan fingerprint density at radius 1 is 1.08 bits per heavy atom. The molecule has 8 nitrogen and oxygen atoms in total. The average molecular weight is 570 g/mol. The zero-order valence-corrected chi connectivity index (χ0v) is 21.7. The summed E-state index contributed by atoms with van der Waals surface area (Å²) in [6.07, 6.45) is -2.05. The molecule has 2 aliphatic heterocycles. The van der Waals surface area contributed by atoms with Crippen molar-refractivity contribution >= 4 is 34.6 Å². The fraction of sp³-hybridized carbons (Fsp3) is 0.519. The van der Waals surface area contributed by atoms with E-state index in [0.29, 0.717) is 25.9 Å². The van der Waals surface area contributed by atoms with Crippen LogP contribution in [0, 0.1) is 10.1 Å². The normalized spacial score (nSPS) is 18.4. The molecule has 2 aromatic carbocycles. The maximum Gasteiger partial charge on any atom is 0.423 e. The Hall–Kier alpha value is -3.05. The Morgan fingerprint density at radius 3 is 2.51 bits per heavy atom. The van der Waals surface area contributed by atoms with Crippen molar-refractivity contribution in [1.82, 2.24) is 9.80 Å². The summed E-state index contributed by atoms with van der Waals surface area (Å²) < 4.78 is 39.8. The van der Waals surface area contributed by atoms with Crippen LogP contribution in [0.15, 0.2) is 42.5 Å². The van der Waals surface area contributed by atoms with Crippen LogP contribution in [0.5, 0.6) is 0 Å². The fourth-order valence-corrected chi connectivity index (χ4v) is 5.20. The maximum absolute atomic E-state index is 13.3. The van der Waals surface area contributed by atoms with Gasteiger partial charge in [0.1, 0.15) is 5.56 Å². The van der Waals surface area contributed by atoms with E-state index in [4.69, 9.17) is 11.6 Å². The first-order chi connectivity index (χ1) is 18.1. The van der Waals surface area contributed by atoms with Gasteiger partial charge in [0, 0.05) is 67.7 Å². The number of alkyl halides is 3. The van der Waals surface area contributed by atoms with E-state index in [1.54, 1.807) is 4.90 Å². The minimum Gasteiger partial charge on any atom is -0.380 e. The van der Waals surface area contributed by atoms with Gasteiger partial charge in [-0.1, -0.05) is 19.0 Å². The lowest BCUT2D eigenvalue weighted by atomic mass is 10.1. The van der Waals surface area contributed by atoms with Crippen molar-refractivity contribution in [2.24, 2.45) is 0 Å². The van der Waals surface area contributed by atoms with E-state index in [9.17, 15) is 28.1 Å². The molecule has 1 atom stereocenters. The number of nitrogens with zero attached hydrogens (tertiary/aromatic N) is 4. The molecule has 0 saturated carbocycles. The largest absolute Gasteiger partial charge is 0.423 e. The second kappa shape index (κ2) is 13.3. The van der Waals surface area contributed by atoms with Gasteiger partial charge in [0.2, 0.25) is 5.91 Å². The summed E-state index contributed by atoms with van der Waals surface area (Å²) in [5, 5.41) is 14.7. The molecule has 4 rings (SSSR count). The summed E-state index contributed by atoms with van der Waals surface area (Å²) in [6, 6.07) is 10.5. The van der Waals surface area contributed by atoms with Crippen molar-refractivity contribution in [3.8, 4) is 0 Å². The number of hydrogen-bond acceptors (Lipinski definition) is 6. The summed E-state index contributed by atoms with van der Waals surface area (Å²) in [5.41, 5.74) is -0.959. The van der Waals surface area contributed by atoms with Crippen LogP contribution in [-0.2, 0) is 11.0 Å². The number of hydrogen-bond donors (Lipinski definition) is 1. The van der Waals surface area contributed by atoms with Gasteiger partial charge in [-0.15, -0.1) is 0 Å². The van der Waals surface area contributed by atoms with Gasteiger partial charge >= 0.3 is 6.18 Å². The lowest BCUT2D eigenvalue weighted by molar-refractivity contribution is -0.388. The Labute approximate surface area is 231 Å². The molecule has 0 radical (unpaired) electrons. The molecule has 1 N–H and O–H groups in total. The van der Waals surface area contributed by atoms with E-state index in [-0.39, 0.29) is 25.1 Å². The molecule has 2 aliphatic rings. The van der Waals surface area contributed by atoms with Gasteiger partial charge in [-0.2, -0.15) is 13.2 Å². The van der Waals surface area contributed by atoms with Crippen molar-refractivity contribution in [1.29, 1.82) is 0 Å². The van der Waals surface area contributed by atoms with E-state index in [1.165, 1.54) is 6.07 Å². The number of benzene rings is 2. The molecule has 214 valence electrons. The van der Waals surface area contributed by atoms with E-state index in [0.717, 1.165) is 68.4 Å². The third-order valence-corrected chi connectivity index (χ3v) is 7.31. The van der Waals surface area contributed by atoms with Gasteiger partial charge in [0.15, 0.2) is 0 Å². The molecule has 12 heteroatoms. The second-order valence-corrected chi connectivity index (χ2v) is 10.2. The van der Waals surface area contributed by atoms with Crippen molar-refractivity contribution < 1.29 is 22.9 Å². The maximum atomic E-state index is 13.3. The zero-order valence-electron chi connectivity index (χ0n) is 20.9. The molecule has 0 spiro atoms. The number of nitro benzene ring substituents is 1. The number of likely N-dealkylation sites (tertiary alicyclic amines) is 1. The first kappa shape index (κ1) is 30.5. The monoisotopic (exact) mass is 569 g/mol. The number of nitro groups is 1.